The molecule has 84 valence electrons. The van der Waals surface area contributed by atoms with Gasteiger partial charge >= 0.3 is 0 Å². The van der Waals surface area contributed by atoms with E-state index in [0.29, 0.717) is 24.2 Å². The zero-order valence-electron chi connectivity index (χ0n) is 8.92. The number of hydrogen-bond acceptors (Lipinski definition) is 3. The summed E-state index contributed by atoms with van der Waals surface area (Å²) < 4.78 is 0. The van der Waals surface area contributed by atoms with E-state index in [9.17, 15) is 14.4 Å². The summed E-state index contributed by atoms with van der Waals surface area (Å²) in [4.78, 5) is 36.3. The highest BCUT2D eigenvalue weighted by Crippen LogP contribution is 2.30. The summed E-state index contributed by atoms with van der Waals surface area (Å²) in [7, 11) is 0. The highest BCUT2D eigenvalue weighted by molar-refractivity contribution is 5.93. The van der Waals surface area contributed by atoms with E-state index in [-0.39, 0.29) is 11.9 Å². The summed E-state index contributed by atoms with van der Waals surface area (Å²) >= 11 is 0. The maximum Gasteiger partial charge on any atom is 0.253 e. The molecule has 0 saturated heterocycles. The van der Waals surface area contributed by atoms with Crippen LogP contribution in [0.15, 0.2) is 23.7 Å². The van der Waals surface area contributed by atoms with Crippen LogP contribution in [0.5, 0.6) is 0 Å². The lowest BCUT2D eigenvalue weighted by Crippen LogP contribution is -2.47. The quantitative estimate of drug-likeness (QED) is 0.633. The molecule has 0 aromatic heterocycles. The summed E-state index contributed by atoms with van der Waals surface area (Å²) in [5, 5.41) is 0. The van der Waals surface area contributed by atoms with Gasteiger partial charge in [0, 0.05) is 23.9 Å². The van der Waals surface area contributed by atoms with Crippen molar-refractivity contribution in [2.45, 2.75) is 25.8 Å². The Hall–Kier alpha value is -1.91. The minimum absolute atomic E-state index is 0.0126. The van der Waals surface area contributed by atoms with Crippen LogP contribution in [0.4, 0.5) is 0 Å². The van der Waals surface area contributed by atoms with Gasteiger partial charge in [-0.05, 0) is 19.8 Å². The average molecular weight is 220 g/mol. The first-order chi connectivity index (χ1) is 7.69. The van der Waals surface area contributed by atoms with Crippen LogP contribution in [0.25, 0.3) is 0 Å². The second-order valence-electron chi connectivity index (χ2n) is 3.89. The molecule has 1 unspecified atom stereocenters. The maximum absolute atomic E-state index is 11.7. The molecule has 1 atom stereocenters. The Morgan fingerprint density at radius 2 is 2.19 bits per heavy atom. The molecule has 0 N–H and O–H groups in total. The largest absolute Gasteiger partial charge is 0.298 e. The topological polar surface area (TPSA) is 57.7 Å². The number of hydrogen-bond donors (Lipinski definition) is 0. The van der Waals surface area contributed by atoms with E-state index in [1.165, 1.54) is 22.1 Å². The third-order valence-corrected chi connectivity index (χ3v) is 2.90. The van der Waals surface area contributed by atoms with Crippen molar-refractivity contribution in [3.8, 4) is 0 Å². The number of fused-ring (bicyclic) bond motifs is 1. The van der Waals surface area contributed by atoms with Gasteiger partial charge in [-0.2, -0.15) is 0 Å². The van der Waals surface area contributed by atoms with E-state index in [0.717, 1.165) is 12.7 Å². The monoisotopic (exact) mass is 220 g/mol. The molecule has 2 aliphatic heterocycles. The van der Waals surface area contributed by atoms with Gasteiger partial charge in [0.2, 0.25) is 6.41 Å². The van der Waals surface area contributed by atoms with Crippen LogP contribution >= 0.6 is 0 Å². The predicted molar refractivity (Wildman–Crippen MR) is 55.7 cm³/mol. The number of rotatable bonds is 2. The molecule has 0 fully saturated rings. The lowest BCUT2D eigenvalue weighted by atomic mass is 9.99. The lowest BCUT2D eigenvalue weighted by Gasteiger charge is -2.40. The molecule has 5 nitrogen and oxygen atoms in total. The lowest BCUT2D eigenvalue weighted by molar-refractivity contribution is -0.130. The fraction of sp³-hybridized carbons (Fsp3) is 0.364. The normalized spacial score (nSPS) is 24.6. The van der Waals surface area contributed by atoms with Crippen LogP contribution in [0, 0.1) is 0 Å². The minimum Gasteiger partial charge on any atom is -0.298 e. The molecule has 0 saturated carbocycles. The number of allylic oxidation sites excluding steroid dienone is 1. The Labute approximate surface area is 93.0 Å². The van der Waals surface area contributed by atoms with Crippen LogP contribution in [0.3, 0.4) is 0 Å². The SMILES string of the molecule is CC1CCC(C=O)=C2N(C=O)C=CC(=O)N21. The first kappa shape index (κ1) is 10.6. The summed E-state index contributed by atoms with van der Waals surface area (Å²) in [6, 6.07) is 0.0126. The summed E-state index contributed by atoms with van der Waals surface area (Å²) in [6.07, 6.45) is 5.39. The van der Waals surface area contributed by atoms with Crippen molar-refractivity contribution in [2.24, 2.45) is 0 Å². The van der Waals surface area contributed by atoms with Gasteiger partial charge in [-0.25, -0.2) is 0 Å². The first-order valence-corrected chi connectivity index (χ1v) is 5.12. The Morgan fingerprint density at radius 1 is 1.44 bits per heavy atom. The van der Waals surface area contributed by atoms with Gasteiger partial charge in [0.15, 0.2) is 0 Å². The minimum atomic E-state index is -0.181. The van der Waals surface area contributed by atoms with Crippen molar-refractivity contribution in [3.05, 3.63) is 23.7 Å². The Kier molecular flexibility index (Phi) is 2.60. The first-order valence-electron chi connectivity index (χ1n) is 5.12. The van der Waals surface area contributed by atoms with E-state index >= 15 is 0 Å². The van der Waals surface area contributed by atoms with Crippen molar-refractivity contribution >= 4 is 18.6 Å². The van der Waals surface area contributed by atoms with Gasteiger partial charge in [-0.3, -0.25) is 24.2 Å². The van der Waals surface area contributed by atoms with E-state index < -0.39 is 0 Å². The van der Waals surface area contributed by atoms with Crippen molar-refractivity contribution in [3.63, 3.8) is 0 Å². The average Bonchev–Trinajstić information content (AvgIpc) is 2.30. The number of amides is 2. The van der Waals surface area contributed by atoms with Gasteiger partial charge in [0.25, 0.3) is 5.91 Å². The molecule has 2 amide bonds. The van der Waals surface area contributed by atoms with Crippen molar-refractivity contribution < 1.29 is 14.4 Å². The fourth-order valence-corrected chi connectivity index (χ4v) is 2.07. The van der Waals surface area contributed by atoms with Gasteiger partial charge < -0.3 is 0 Å². The summed E-state index contributed by atoms with van der Waals surface area (Å²) in [5.74, 6) is 0.232. The van der Waals surface area contributed by atoms with Gasteiger partial charge in [0.1, 0.15) is 12.1 Å². The van der Waals surface area contributed by atoms with Gasteiger partial charge in [0.05, 0.1) is 0 Å². The van der Waals surface area contributed by atoms with Gasteiger partial charge in [-0.1, -0.05) is 0 Å². The molecular formula is C11H12N2O3. The molecule has 0 bridgehead atoms. The van der Waals surface area contributed by atoms with Crippen LogP contribution < -0.4 is 0 Å². The molecule has 0 spiro atoms. The summed E-state index contributed by atoms with van der Waals surface area (Å²) in [6.45, 7) is 1.90. The molecule has 0 radical (unpaired) electrons. The van der Waals surface area contributed by atoms with Crippen LogP contribution in [0.1, 0.15) is 19.8 Å². The smallest absolute Gasteiger partial charge is 0.253 e. The van der Waals surface area contributed by atoms with E-state index in [1.54, 1.807) is 0 Å². The highest BCUT2D eigenvalue weighted by Gasteiger charge is 2.34. The van der Waals surface area contributed by atoms with E-state index in [1.807, 2.05) is 6.92 Å². The van der Waals surface area contributed by atoms with Crippen molar-refractivity contribution in [2.75, 3.05) is 0 Å². The predicted octanol–water partition coefficient (Wildman–Crippen LogP) is 0.393. The highest BCUT2D eigenvalue weighted by atomic mass is 16.2. The Morgan fingerprint density at radius 3 is 2.81 bits per heavy atom. The molecule has 0 aromatic rings. The molecule has 0 aromatic carbocycles. The molecule has 16 heavy (non-hydrogen) atoms. The molecule has 2 rings (SSSR count). The van der Waals surface area contributed by atoms with Crippen LogP contribution in [0.2, 0.25) is 0 Å². The third-order valence-electron chi connectivity index (χ3n) is 2.90. The molecule has 0 aliphatic carbocycles. The standard InChI is InChI=1S/C11H12N2O3/c1-8-2-3-9(6-14)11-12(7-15)5-4-10(16)13(8)11/h4-8H,2-3H2,1H3. The van der Waals surface area contributed by atoms with Crippen molar-refractivity contribution in [1.29, 1.82) is 0 Å². The molecule has 2 aliphatic rings. The number of carbonyl (C=O) groups is 3. The van der Waals surface area contributed by atoms with Gasteiger partial charge in [-0.15, -0.1) is 0 Å². The maximum atomic E-state index is 11.7. The molecular weight excluding hydrogens is 208 g/mol. The number of carbonyl (C=O) groups excluding carboxylic acids is 3. The number of aldehydes is 1. The zero-order valence-corrected chi connectivity index (χ0v) is 8.92. The summed E-state index contributed by atoms with van der Waals surface area (Å²) in [5.41, 5.74) is 0.503. The number of nitrogens with zero attached hydrogens (tertiary/aromatic N) is 2. The molecule has 2 heterocycles. The van der Waals surface area contributed by atoms with E-state index in [2.05, 4.69) is 0 Å². The zero-order chi connectivity index (χ0) is 11.7. The van der Waals surface area contributed by atoms with Crippen LogP contribution in [-0.2, 0) is 14.4 Å². The Bertz CT molecular complexity index is 411. The second-order valence-corrected chi connectivity index (χ2v) is 3.89. The van der Waals surface area contributed by atoms with E-state index in [4.69, 9.17) is 0 Å². The second kappa shape index (κ2) is 3.92. The third kappa shape index (κ3) is 1.44. The molecule has 5 heteroatoms. The van der Waals surface area contributed by atoms with Crippen LogP contribution in [-0.4, -0.2) is 34.4 Å². The van der Waals surface area contributed by atoms with Crippen molar-refractivity contribution in [1.82, 2.24) is 9.80 Å². The Balaban J connectivity index is 2.55. The fourth-order valence-electron chi connectivity index (χ4n) is 2.07.